The summed E-state index contributed by atoms with van der Waals surface area (Å²) in [5.74, 6) is -0.512. The Kier molecular flexibility index (Phi) is 7.76. The molecule has 3 rings (SSSR count). The van der Waals surface area contributed by atoms with E-state index in [0.29, 0.717) is 10.9 Å². The van der Waals surface area contributed by atoms with Crippen molar-refractivity contribution in [2.24, 2.45) is 0 Å². The predicted octanol–water partition coefficient (Wildman–Crippen LogP) is 5.35. The number of nitrogens with zero attached hydrogens (tertiary/aromatic N) is 1. The van der Waals surface area contributed by atoms with Crippen LogP contribution in [0.15, 0.2) is 42.5 Å². The quantitative estimate of drug-likeness (QED) is 0.413. The van der Waals surface area contributed by atoms with E-state index >= 15 is 0 Å². The fraction of sp³-hybridized carbons (Fsp3) is 0.286. The second-order valence-electron chi connectivity index (χ2n) is 7.37. The van der Waals surface area contributed by atoms with E-state index in [0.717, 1.165) is 5.56 Å². The number of amides is 2. The van der Waals surface area contributed by atoms with Crippen LogP contribution in [-0.4, -0.2) is 38.4 Å². The third-order valence-electron chi connectivity index (χ3n) is 4.60. The summed E-state index contributed by atoms with van der Waals surface area (Å²) in [4.78, 5) is 27.3. The molecule has 1 unspecified atom stereocenters. The van der Waals surface area contributed by atoms with Crippen molar-refractivity contribution >= 4 is 74.9 Å². The largest absolute Gasteiger partial charge is 0.482 e. The van der Waals surface area contributed by atoms with Gasteiger partial charge in [0.2, 0.25) is 0 Å². The smallest absolute Gasteiger partial charge is 0.258 e. The molecule has 0 bridgehead atoms. The van der Waals surface area contributed by atoms with E-state index in [4.69, 9.17) is 51.8 Å². The second kappa shape index (κ2) is 9.96. The van der Waals surface area contributed by atoms with Crippen LogP contribution in [0.4, 0.5) is 0 Å². The van der Waals surface area contributed by atoms with Crippen molar-refractivity contribution < 1.29 is 14.3 Å². The minimum absolute atomic E-state index is 0.224. The predicted molar refractivity (Wildman–Crippen MR) is 130 cm³/mol. The van der Waals surface area contributed by atoms with Crippen molar-refractivity contribution in [3.8, 4) is 5.75 Å². The van der Waals surface area contributed by atoms with Crippen molar-refractivity contribution in [1.29, 1.82) is 0 Å². The number of hydrogen-bond acceptors (Lipinski definition) is 5. The Labute approximate surface area is 205 Å². The number of benzene rings is 2. The van der Waals surface area contributed by atoms with Crippen LogP contribution in [0.3, 0.4) is 0 Å². The Morgan fingerprint density at radius 2 is 1.81 bits per heavy atom. The SMILES string of the molecule is CC1(C)SC(=S)N(Cc2ccccc2)C(=O)C1NC(=O)COc1cc(Cl)c(Cl)cc1Cl. The molecule has 0 aliphatic carbocycles. The molecule has 0 radical (unpaired) electrons. The van der Waals surface area contributed by atoms with Gasteiger partial charge in [-0.3, -0.25) is 14.5 Å². The van der Waals surface area contributed by atoms with Gasteiger partial charge in [-0.1, -0.05) is 89.1 Å². The van der Waals surface area contributed by atoms with E-state index in [9.17, 15) is 9.59 Å². The monoisotopic (exact) mass is 516 g/mol. The normalized spacial score (nSPS) is 18.1. The Morgan fingerprint density at radius 3 is 2.48 bits per heavy atom. The number of thiocarbonyl (C=S) groups is 1. The molecule has 1 saturated heterocycles. The number of rotatable bonds is 6. The van der Waals surface area contributed by atoms with Gasteiger partial charge in [-0.25, -0.2) is 0 Å². The molecule has 31 heavy (non-hydrogen) atoms. The summed E-state index contributed by atoms with van der Waals surface area (Å²) in [6.07, 6.45) is 0. The number of ether oxygens (including phenoxy) is 1. The van der Waals surface area contributed by atoms with E-state index in [-0.39, 0.29) is 33.3 Å². The average molecular weight is 518 g/mol. The zero-order chi connectivity index (χ0) is 22.8. The van der Waals surface area contributed by atoms with Crippen LogP contribution in [0.5, 0.6) is 5.75 Å². The fourth-order valence-electron chi connectivity index (χ4n) is 2.99. The van der Waals surface area contributed by atoms with Gasteiger partial charge in [-0.2, -0.15) is 0 Å². The Balaban J connectivity index is 1.69. The summed E-state index contributed by atoms with van der Waals surface area (Å²) in [6.45, 7) is 3.72. The maximum atomic E-state index is 13.2. The summed E-state index contributed by atoms with van der Waals surface area (Å²) >= 11 is 24.8. The zero-order valence-electron chi connectivity index (χ0n) is 16.7. The third-order valence-corrected chi connectivity index (χ3v) is 7.25. The standard InChI is InChI=1S/C21H19Cl3N2O3S2/c1-21(2)18(19(28)26(20(30)31-21)10-12-6-4-3-5-7-12)25-17(27)11-29-16-9-14(23)13(22)8-15(16)24/h3-9,18H,10-11H2,1-2H3,(H,25,27). The number of nitrogens with one attached hydrogen (secondary N) is 1. The molecule has 1 N–H and O–H groups in total. The highest BCUT2D eigenvalue weighted by Crippen LogP contribution is 2.37. The second-order valence-corrected chi connectivity index (χ2v) is 10.9. The summed E-state index contributed by atoms with van der Waals surface area (Å²) in [6, 6.07) is 11.6. The van der Waals surface area contributed by atoms with Gasteiger partial charge in [0.1, 0.15) is 16.1 Å². The molecule has 0 saturated carbocycles. The van der Waals surface area contributed by atoms with Crippen LogP contribution >= 0.6 is 58.8 Å². The highest BCUT2D eigenvalue weighted by molar-refractivity contribution is 8.24. The summed E-state index contributed by atoms with van der Waals surface area (Å²) < 4.78 is 5.33. The van der Waals surface area contributed by atoms with Crippen molar-refractivity contribution in [1.82, 2.24) is 10.2 Å². The number of thioether (sulfide) groups is 1. The number of carbonyl (C=O) groups excluding carboxylic acids is 2. The number of halogens is 3. The summed E-state index contributed by atoms with van der Waals surface area (Å²) in [5, 5.41) is 3.54. The minimum atomic E-state index is -0.784. The number of hydrogen-bond donors (Lipinski definition) is 1. The molecule has 1 fully saturated rings. The van der Waals surface area contributed by atoms with Crippen molar-refractivity contribution in [2.45, 2.75) is 31.2 Å². The van der Waals surface area contributed by atoms with Crippen molar-refractivity contribution in [3.63, 3.8) is 0 Å². The molecule has 1 atom stereocenters. The highest BCUT2D eigenvalue weighted by Gasteiger charge is 2.46. The highest BCUT2D eigenvalue weighted by atomic mass is 35.5. The molecule has 2 aromatic rings. The van der Waals surface area contributed by atoms with Crippen LogP contribution in [0.2, 0.25) is 15.1 Å². The van der Waals surface area contributed by atoms with Gasteiger partial charge >= 0.3 is 0 Å². The van der Waals surface area contributed by atoms with Crippen molar-refractivity contribution in [2.75, 3.05) is 6.61 Å². The topological polar surface area (TPSA) is 58.6 Å². The van der Waals surface area contributed by atoms with Crippen LogP contribution in [-0.2, 0) is 16.1 Å². The van der Waals surface area contributed by atoms with Crippen LogP contribution in [0, 0.1) is 0 Å². The van der Waals surface area contributed by atoms with Crippen LogP contribution < -0.4 is 10.1 Å². The Hall–Kier alpha value is -1.51. The molecular formula is C21H19Cl3N2O3S2. The Morgan fingerprint density at radius 1 is 1.16 bits per heavy atom. The molecule has 1 aliphatic heterocycles. The maximum Gasteiger partial charge on any atom is 0.258 e. The van der Waals surface area contributed by atoms with Gasteiger partial charge in [0, 0.05) is 10.8 Å². The first-order chi connectivity index (χ1) is 14.6. The third kappa shape index (κ3) is 5.84. The molecule has 1 aliphatic rings. The first kappa shape index (κ1) is 24.1. The van der Waals surface area contributed by atoms with E-state index in [1.165, 1.54) is 28.8 Å². The molecule has 0 aromatic heterocycles. The van der Waals surface area contributed by atoms with E-state index in [1.807, 2.05) is 44.2 Å². The number of carbonyl (C=O) groups is 2. The lowest BCUT2D eigenvalue weighted by Crippen LogP contribution is -2.62. The van der Waals surface area contributed by atoms with Crippen LogP contribution in [0.1, 0.15) is 19.4 Å². The zero-order valence-corrected chi connectivity index (χ0v) is 20.6. The van der Waals surface area contributed by atoms with E-state index in [1.54, 1.807) is 0 Å². The van der Waals surface area contributed by atoms with Gasteiger partial charge in [0.25, 0.3) is 11.8 Å². The molecule has 164 valence electrons. The van der Waals surface area contributed by atoms with E-state index < -0.39 is 16.7 Å². The van der Waals surface area contributed by atoms with E-state index in [2.05, 4.69) is 5.32 Å². The van der Waals surface area contributed by atoms with Gasteiger partial charge < -0.3 is 10.1 Å². The molecule has 2 aromatic carbocycles. The maximum absolute atomic E-state index is 13.2. The van der Waals surface area contributed by atoms with Gasteiger partial charge in [0.15, 0.2) is 6.61 Å². The average Bonchev–Trinajstić information content (AvgIpc) is 2.70. The molecule has 1 heterocycles. The minimum Gasteiger partial charge on any atom is -0.482 e. The molecule has 5 nitrogen and oxygen atoms in total. The molecule has 2 amide bonds. The lowest BCUT2D eigenvalue weighted by Gasteiger charge is -2.42. The lowest BCUT2D eigenvalue weighted by atomic mass is 10.0. The molecule has 0 spiro atoms. The lowest BCUT2D eigenvalue weighted by molar-refractivity contribution is -0.135. The summed E-state index contributed by atoms with van der Waals surface area (Å²) in [5.41, 5.74) is 0.946. The molecule has 10 heteroatoms. The first-order valence-electron chi connectivity index (χ1n) is 9.23. The molecular weight excluding hydrogens is 499 g/mol. The van der Waals surface area contributed by atoms with Gasteiger partial charge in [-0.15, -0.1) is 0 Å². The van der Waals surface area contributed by atoms with Gasteiger partial charge in [-0.05, 0) is 25.5 Å². The Bertz CT molecular complexity index is 1020. The van der Waals surface area contributed by atoms with Crippen molar-refractivity contribution in [3.05, 3.63) is 63.1 Å². The van der Waals surface area contributed by atoms with Crippen LogP contribution in [0.25, 0.3) is 0 Å². The fourth-order valence-corrected chi connectivity index (χ4v) is 5.37. The summed E-state index contributed by atoms with van der Waals surface area (Å²) in [7, 11) is 0. The first-order valence-corrected chi connectivity index (χ1v) is 11.6. The van der Waals surface area contributed by atoms with Gasteiger partial charge in [0.05, 0.1) is 21.6 Å².